The van der Waals surface area contributed by atoms with Crippen LogP contribution >= 0.6 is 15.9 Å². The summed E-state index contributed by atoms with van der Waals surface area (Å²) in [5.41, 5.74) is 0.00967. The van der Waals surface area contributed by atoms with Crippen molar-refractivity contribution >= 4 is 33.3 Å². The third kappa shape index (κ3) is 3.19. The highest BCUT2D eigenvalue weighted by Crippen LogP contribution is 2.44. The highest BCUT2D eigenvalue weighted by molar-refractivity contribution is 9.10. The van der Waals surface area contributed by atoms with Crippen LogP contribution in [-0.2, 0) is 16.9 Å². The van der Waals surface area contributed by atoms with Gasteiger partial charge in [-0.25, -0.2) is 0 Å². The molecule has 5 nitrogen and oxygen atoms in total. The van der Waals surface area contributed by atoms with Gasteiger partial charge in [0.1, 0.15) is 5.76 Å². The van der Waals surface area contributed by atoms with Crippen LogP contribution in [0.3, 0.4) is 0 Å². The molecule has 142 valence electrons. The molecule has 0 bridgehead atoms. The normalized spacial score (nSPS) is 18.4. The van der Waals surface area contributed by atoms with Crippen LogP contribution in [0.15, 0.2) is 69.6 Å². The molecular weight excluding hydrogens is 422 g/mol. The van der Waals surface area contributed by atoms with Gasteiger partial charge in [-0.2, -0.15) is 0 Å². The van der Waals surface area contributed by atoms with Gasteiger partial charge in [-0.15, -0.1) is 0 Å². The van der Waals surface area contributed by atoms with Gasteiger partial charge >= 0.3 is 0 Å². The van der Waals surface area contributed by atoms with Crippen LogP contribution in [0.5, 0.6) is 0 Å². The molecular formula is C22H18BrNO4. The molecule has 1 aliphatic rings. The van der Waals surface area contributed by atoms with E-state index in [2.05, 4.69) is 15.9 Å². The Bertz CT molecular complexity index is 1060. The predicted octanol–water partition coefficient (Wildman–Crippen LogP) is 4.36. The number of aryl methyl sites for hydroxylation is 1. The number of aliphatic hydroxyl groups is 1. The van der Waals surface area contributed by atoms with Gasteiger partial charge in [-0.1, -0.05) is 46.3 Å². The Morgan fingerprint density at radius 1 is 1.14 bits per heavy atom. The van der Waals surface area contributed by atoms with Crippen molar-refractivity contribution in [3.05, 3.63) is 87.8 Å². The zero-order valence-corrected chi connectivity index (χ0v) is 16.8. The number of fused-ring (bicyclic) bond motifs is 1. The van der Waals surface area contributed by atoms with Crippen LogP contribution in [-0.4, -0.2) is 16.8 Å². The van der Waals surface area contributed by atoms with E-state index in [1.165, 1.54) is 4.90 Å². The number of nitrogens with zero attached hydrogens (tertiary/aromatic N) is 1. The maximum absolute atomic E-state index is 13.2. The average molecular weight is 440 g/mol. The molecule has 0 radical (unpaired) electrons. The molecule has 0 spiro atoms. The second kappa shape index (κ2) is 7.04. The highest BCUT2D eigenvalue weighted by atomic mass is 79.9. The van der Waals surface area contributed by atoms with Crippen molar-refractivity contribution in [1.29, 1.82) is 0 Å². The molecule has 1 aliphatic heterocycles. The molecule has 1 amide bonds. The van der Waals surface area contributed by atoms with Crippen LogP contribution in [0.4, 0.5) is 5.69 Å². The van der Waals surface area contributed by atoms with Gasteiger partial charge in [0.15, 0.2) is 11.4 Å². The maximum Gasteiger partial charge on any atom is 0.264 e. The predicted molar refractivity (Wildman–Crippen MR) is 108 cm³/mol. The Labute approximate surface area is 170 Å². The van der Waals surface area contributed by atoms with E-state index in [0.717, 1.165) is 10.0 Å². The van der Waals surface area contributed by atoms with Crippen molar-refractivity contribution in [2.24, 2.45) is 0 Å². The van der Waals surface area contributed by atoms with Gasteiger partial charge in [0.05, 0.1) is 18.7 Å². The molecule has 0 saturated carbocycles. The quantitative estimate of drug-likeness (QED) is 0.599. The highest BCUT2D eigenvalue weighted by Gasteiger charge is 2.51. The number of rotatable bonds is 5. The average Bonchev–Trinajstić information content (AvgIpc) is 3.19. The number of halogens is 1. The van der Waals surface area contributed by atoms with Crippen molar-refractivity contribution in [3.8, 4) is 0 Å². The lowest BCUT2D eigenvalue weighted by molar-refractivity contribution is -0.136. The molecule has 1 N–H and O–H groups in total. The van der Waals surface area contributed by atoms with E-state index in [0.29, 0.717) is 23.6 Å². The summed E-state index contributed by atoms with van der Waals surface area (Å²) in [5, 5.41) is 11.3. The van der Waals surface area contributed by atoms with Crippen LogP contribution in [0.25, 0.3) is 0 Å². The van der Waals surface area contributed by atoms with Gasteiger partial charge in [-0.05, 0) is 42.8 Å². The molecule has 2 aromatic carbocycles. The number of anilines is 1. The number of carbonyl (C=O) groups excluding carboxylic acids is 2. The maximum atomic E-state index is 13.2. The Morgan fingerprint density at radius 3 is 2.57 bits per heavy atom. The third-order valence-corrected chi connectivity index (χ3v) is 5.40. The van der Waals surface area contributed by atoms with Crippen LogP contribution < -0.4 is 4.90 Å². The number of benzene rings is 2. The number of carbonyl (C=O) groups is 2. The summed E-state index contributed by atoms with van der Waals surface area (Å²) in [4.78, 5) is 27.5. The zero-order valence-electron chi connectivity index (χ0n) is 15.2. The Balaban J connectivity index is 1.72. The van der Waals surface area contributed by atoms with E-state index in [9.17, 15) is 14.7 Å². The third-order valence-electron chi connectivity index (χ3n) is 4.91. The fourth-order valence-corrected chi connectivity index (χ4v) is 3.88. The smallest absolute Gasteiger partial charge is 0.264 e. The first kappa shape index (κ1) is 18.7. The van der Waals surface area contributed by atoms with Gasteiger partial charge < -0.3 is 14.4 Å². The standard InChI is InChI=1S/C22H18BrNO4/c1-14-7-10-20(28-14)19(25)12-22(27)17-11-16(23)8-9-18(17)24(21(22)26)13-15-5-3-2-4-6-15/h2-11,27H,12-13H2,1H3. The van der Waals surface area contributed by atoms with E-state index >= 15 is 0 Å². The van der Waals surface area contributed by atoms with E-state index in [4.69, 9.17) is 4.42 Å². The fraction of sp³-hybridized carbons (Fsp3) is 0.182. The second-order valence-corrected chi connectivity index (χ2v) is 7.82. The lowest BCUT2D eigenvalue weighted by Gasteiger charge is -2.22. The SMILES string of the molecule is Cc1ccc(C(=O)CC2(O)C(=O)N(Cc3ccccc3)c3ccc(Br)cc32)o1. The summed E-state index contributed by atoms with van der Waals surface area (Å²) < 4.78 is 6.10. The molecule has 3 aromatic rings. The number of hydrogen-bond acceptors (Lipinski definition) is 4. The zero-order chi connectivity index (χ0) is 19.9. The van der Waals surface area contributed by atoms with Gasteiger partial charge in [0, 0.05) is 10.0 Å². The summed E-state index contributed by atoms with van der Waals surface area (Å²) in [5.74, 6) is -0.198. The second-order valence-electron chi connectivity index (χ2n) is 6.91. The number of hydrogen-bond donors (Lipinski definition) is 1. The van der Waals surface area contributed by atoms with Crippen molar-refractivity contribution in [3.63, 3.8) is 0 Å². The summed E-state index contributed by atoms with van der Waals surface area (Å²) in [6.07, 6.45) is -0.381. The van der Waals surface area contributed by atoms with E-state index in [1.807, 2.05) is 36.4 Å². The van der Waals surface area contributed by atoms with Crippen molar-refractivity contribution < 1.29 is 19.1 Å². The van der Waals surface area contributed by atoms with Crippen LogP contribution in [0, 0.1) is 6.92 Å². The van der Waals surface area contributed by atoms with Gasteiger partial charge in [-0.3, -0.25) is 9.59 Å². The van der Waals surface area contributed by atoms with Crippen LogP contribution in [0.1, 0.15) is 33.9 Å². The first-order valence-electron chi connectivity index (χ1n) is 8.86. The fourth-order valence-electron chi connectivity index (χ4n) is 3.52. The first-order valence-corrected chi connectivity index (χ1v) is 9.66. The van der Waals surface area contributed by atoms with E-state index < -0.39 is 17.3 Å². The molecule has 0 fully saturated rings. The molecule has 1 unspecified atom stereocenters. The largest absolute Gasteiger partial charge is 0.458 e. The lowest BCUT2D eigenvalue weighted by Crippen LogP contribution is -2.41. The van der Waals surface area contributed by atoms with Gasteiger partial charge in [0.2, 0.25) is 5.78 Å². The molecule has 1 aromatic heterocycles. The molecule has 4 rings (SSSR count). The van der Waals surface area contributed by atoms with Crippen molar-refractivity contribution in [1.82, 2.24) is 0 Å². The van der Waals surface area contributed by atoms with E-state index in [1.54, 1.807) is 31.2 Å². The minimum Gasteiger partial charge on any atom is -0.458 e. The Morgan fingerprint density at radius 2 is 1.89 bits per heavy atom. The first-order chi connectivity index (χ1) is 13.4. The Hall–Kier alpha value is -2.70. The summed E-state index contributed by atoms with van der Waals surface area (Å²) in [6, 6.07) is 18.1. The lowest BCUT2D eigenvalue weighted by atomic mass is 9.89. The molecule has 0 aliphatic carbocycles. The molecule has 0 saturated heterocycles. The van der Waals surface area contributed by atoms with Crippen LogP contribution in [0.2, 0.25) is 0 Å². The number of amides is 1. The minimum atomic E-state index is -1.94. The number of furan rings is 1. The Kier molecular flexibility index (Phi) is 4.69. The number of ketones is 1. The van der Waals surface area contributed by atoms with Crippen molar-refractivity contribution in [2.45, 2.75) is 25.5 Å². The minimum absolute atomic E-state index is 0.136. The van der Waals surface area contributed by atoms with Gasteiger partial charge in [0.25, 0.3) is 5.91 Å². The molecule has 2 heterocycles. The molecule has 28 heavy (non-hydrogen) atoms. The number of Topliss-reactive ketones (excluding diaryl/α,β-unsaturated/α-hetero) is 1. The van der Waals surface area contributed by atoms with E-state index in [-0.39, 0.29) is 12.2 Å². The van der Waals surface area contributed by atoms with Crippen molar-refractivity contribution in [2.75, 3.05) is 4.90 Å². The topological polar surface area (TPSA) is 70.8 Å². The molecule has 1 atom stereocenters. The summed E-state index contributed by atoms with van der Waals surface area (Å²) in [6.45, 7) is 2.05. The molecule has 6 heteroatoms. The summed E-state index contributed by atoms with van der Waals surface area (Å²) >= 11 is 3.39. The monoisotopic (exact) mass is 439 g/mol. The summed E-state index contributed by atoms with van der Waals surface area (Å²) in [7, 11) is 0.